The average Bonchev–Trinajstić information content (AvgIpc) is 3.07. The van der Waals surface area contributed by atoms with E-state index < -0.39 is 0 Å². The molecule has 1 aromatic rings. The van der Waals surface area contributed by atoms with Crippen LogP contribution in [-0.2, 0) is 11.3 Å². The minimum Gasteiger partial charge on any atom is -0.379 e. The van der Waals surface area contributed by atoms with E-state index in [1.54, 1.807) is 11.3 Å². The maximum Gasteiger partial charge on any atom is 0.191 e. The van der Waals surface area contributed by atoms with Crippen molar-refractivity contribution in [3.63, 3.8) is 0 Å². The fourth-order valence-corrected chi connectivity index (χ4v) is 3.57. The summed E-state index contributed by atoms with van der Waals surface area (Å²) in [5, 5.41) is 10.1. The highest BCUT2D eigenvalue weighted by atomic mass is 32.1. The summed E-state index contributed by atoms with van der Waals surface area (Å²) in [6.07, 6.45) is 0. The fraction of sp³-hybridized carbons (Fsp3) is 0.778. The van der Waals surface area contributed by atoms with Gasteiger partial charge in [0.2, 0.25) is 0 Å². The normalized spacial score (nSPS) is 17.1. The number of aromatic nitrogens is 1. The first kappa shape index (κ1) is 20.1. The third-order valence-corrected chi connectivity index (χ3v) is 5.56. The first-order valence-electron chi connectivity index (χ1n) is 9.21. The molecule has 0 saturated carbocycles. The summed E-state index contributed by atoms with van der Waals surface area (Å²) >= 11 is 1.72. The van der Waals surface area contributed by atoms with Crippen LogP contribution in [0, 0.1) is 0 Å². The molecule has 0 bridgehead atoms. The Balaban J connectivity index is 1.92. The summed E-state index contributed by atoms with van der Waals surface area (Å²) in [6, 6.07) is 0. The second-order valence-corrected chi connectivity index (χ2v) is 8.18. The van der Waals surface area contributed by atoms with E-state index in [0.29, 0.717) is 12.5 Å². The van der Waals surface area contributed by atoms with Crippen LogP contribution < -0.4 is 10.6 Å². The van der Waals surface area contributed by atoms with E-state index in [9.17, 15) is 0 Å². The molecule has 0 radical (unpaired) electrons. The lowest BCUT2D eigenvalue weighted by Crippen LogP contribution is -2.56. The van der Waals surface area contributed by atoms with E-state index >= 15 is 0 Å². The van der Waals surface area contributed by atoms with E-state index in [4.69, 9.17) is 9.73 Å². The van der Waals surface area contributed by atoms with Crippen LogP contribution in [0.4, 0.5) is 0 Å². The molecule has 7 heteroatoms. The molecule has 2 N–H and O–H groups in total. The summed E-state index contributed by atoms with van der Waals surface area (Å²) < 4.78 is 5.46. The highest BCUT2D eigenvalue weighted by molar-refractivity contribution is 7.09. The Morgan fingerprint density at radius 1 is 1.36 bits per heavy atom. The number of morpholine rings is 1. The van der Waals surface area contributed by atoms with Crippen molar-refractivity contribution in [3.05, 3.63) is 16.1 Å². The molecule has 2 rings (SSSR count). The van der Waals surface area contributed by atoms with Crippen LogP contribution in [0.25, 0.3) is 0 Å². The highest BCUT2D eigenvalue weighted by Crippen LogP contribution is 2.19. The van der Waals surface area contributed by atoms with Crippen molar-refractivity contribution in [1.82, 2.24) is 20.5 Å². The average molecular weight is 368 g/mol. The second-order valence-electron chi connectivity index (χ2n) is 7.29. The van der Waals surface area contributed by atoms with Gasteiger partial charge in [-0.25, -0.2) is 9.98 Å². The van der Waals surface area contributed by atoms with Crippen molar-refractivity contribution in [3.8, 4) is 0 Å². The van der Waals surface area contributed by atoms with Crippen molar-refractivity contribution >= 4 is 17.3 Å². The van der Waals surface area contributed by atoms with Crippen molar-refractivity contribution in [2.24, 2.45) is 4.99 Å². The van der Waals surface area contributed by atoms with Crippen LogP contribution in [0.1, 0.15) is 51.2 Å². The SMILES string of the molecule is CCNC(=NCc1csc(C(C)C)n1)NCC(C)(C)N1CCOCC1. The third kappa shape index (κ3) is 6.24. The fourth-order valence-electron chi connectivity index (χ4n) is 2.74. The number of guanidine groups is 1. The standard InChI is InChI=1S/C18H33N5OS/c1-6-19-17(20-11-15-12-25-16(22-15)14(2)3)21-13-18(4,5)23-7-9-24-10-8-23/h12,14H,6-11,13H2,1-5H3,(H2,19,20,21). The summed E-state index contributed by atoms with van der Waals surface area (Å²) in [5.74, 6) is 1.33. The Labute approximate surface area is 156 Å². The summed E-state index contributed by atoms with van der Waals surface area (Å²) in [6.45, 7) is 16.9. The lowest BCUT2D eigenvalue weighted by Gasteiger charge is -2.41. The Morgan fingerprint density at radius 3 is 2.68 bits per heavy atom. The first-order valence-corrected chi connectivity index (χ1v) is 10.1. The van der Waals surface area contributed by atoms with Gasteiger partial charge in [-0.2, -0.15) is 0 Å². The van der Waals surface area contributed by atoms with Crippen LogP contribution in [0.15, 0.2) is 10.4 Å². The second kappa shape index (κ2) is 9.50. The largest absolute Gasteiger partial charge is 0.379 e. The molecule has 0 atom stereocenters. The van der Waals surface area contributed by atoms with Gasteiger partial charge in [0.25, 0.3) is 0 Å². The minimum atomic E-state index is 0.0609. The van der Waals surface area contributed by atoms with Gasteiger partial charge in [-0.15, -0.1) is 11.3 Å². The molecule has 1 aliphatic heterocycles. The van der Waals surface area contributed by atoms with Crippen LogP contribution in [-0.4, -0.2) is 60.8 Å². The van der Waals surface area contributed by atoms with Gasteiger partial charge in [0.15, 0.2) is 5.96 Å². The lowest BCUT2D eigenvalue weighted by atomic mass is 10.0. The lowest BCUT2D eigenvalue weighted by molar-refractivity contribution is -0.00834. The molecule has 25 heavy (non-hydrogen) atoms. The number of hydrogen-bond acceptors (Lipinski definition) is 5. The number of rotatable bonds is 7. The zero-order chi connectivity index (χ0) is 18.3. The van der Waals surface area contributed by atoms with Gasteiger partial charge in [0.05, 0.1) is 30.5 Å². The van der Waals surface area contributed by atoms with E-state index in [2.05, 4.69) is 60.5 Å². The molecule has 1 aromatic heterocycles. The molecule has 0 aliphatic carbocycles. The van der Waals surface area contributed by atoms with E-state index in [-0.39, 0.29) is 5.54 Å². The van der Waals surface area contributed by atoms with Gasteiger partial charge in [0, 0.05) is 43.0 Å². The molecule has 6 nitrogen and oxygen atoms in total. The van der Waals surface area contributed by atoms with Gasteiger partial charge < -0.3 is 15.4 Å². The Morgan fingerprint density at radius 2 is 2.08 bits per heavy atom. The molecule has 1 saturated heterocycles. The molecule has 1 aliphatic rings. The Kier molecular flexibility index (Phi) is 7.65. The van der Waals surface area contributed by atoms with E-state index in [1.807, 2.05) is 0 Å². The molecular weight excluding hydrogens is 334 g/mol. The van der Waals surface area contributed by atoms with Crippen LogP contribution in [0.3, 0.4) is 0 Å². The third-order valence-electron chi connectivity index (χ3n) is 4.36. The molecular formula is C18H33N5OS. The quantitative estimate of drug-likeness (QED) is 0.572. The molecule has 2 heterocycles. The summed E-state index contributed by atoms with van der Waals surface area (Å²) in [7, 11) is 0. The zero-order valence-corrected chi connectivity index (χ0v) is 17.1. The monoisotopic (exact) mass is 367 g/mol. The topological polar surface area (TPSA) is 61.8 Å². The van der Waals surface area contributed by atoms with Crippen molar-refractivity contribution in [1.29, 1.82) is 0 Å². The van der Waals surface area contributed by atoms with Gasteiger partial charge in [-0.05, 0) is 20.8 Å². The maximum atomic E-state index is 5.46. The van der Waals surface area contributed by atoms with E-state index in [1.165, 1.54) is 5.01 Å². The van der Waals surface area contributed by atoms with Crippen LogP contribution in [0.5, 0.6) is 0 Å². The minimum absolute atomic E-state index is 0.0609. The van der Waals surface area contributed by atoms with Gasteiger partial charge >= 0.3 is 0 Å². The maximum absolute atomic E-state index is 5.46. The van der Waals surface area contributed by atoms with Gasteiger partial charge in [-0.1, -0.05) is 13.8 Å². The number of hydrogen-bond donors (Lipinski definition) is 2. The Hall–Kier alpha value is -1.18. The summed E-state index contributed by atoms with van der Waals surface area (Å²) in [4.78, 5) is 11.8. The smallest absolute Gasteiger partial charge is 0.191 e. The van der Waals surface area contributed by atoms with Crippen molar-refractivity contribution < 1.29 is 4.74 Å². The number of aliphatic imine (C=N–C) groups is 1. The number of thiazole rings is 1. The van der Waals surface area contributed by atoms with E-state index in [0.717, 1.165) is 51.0 Å². The first-order chi connectivity index (χ1) is 11.9. The highest BCUT2D eigenvalue weighted by Gasteiger charge is 2.28. The van der Waals surface area contributed by atoms with Gasteiger partial charge in [0.1, 0.15) is 0 Å². The molecule has 0 unspecified atom stereocenters. The molecule has 142 valence electrons. The van der Waals surface area contributed by atoms with Crippen molar-refractivity contribution in [2.45, 2.75) is 52.6 Å². The molecule has 0 amide bonds. The number of nitrogens with zero attached hydrogens (tertiary/aromatic N) is 3. The zero-order valence-electron chi connectivity index (χ0n) is 16.3. The van der Waals surface area contributed by atoms with Crippen LogP contribution in [0.2, 0.25) is 0 Å². The predicted molar refractivity (Wildman–Crippen MR) is 105 cm³/mol. The van der Waals surface area contributed by atoms with Crippen LogP contribution >= 0.6 is 11.3 Å². The number of nitrogens with one attached hydrogen (secondary N) is 2. The molecule has 1 fully saturated rings. The number of ether oxygens (including phenoxy) is 1. The van der Waals surface area contributed by atoms with Gasteiger partial charge in [-0.3, -0.25) is 4.90 Å². The predicted octanol–water partition coefficient (Wildman–Crippen LogP) is 2.43. The van der Waals surface area contributed by atoms with Crippen molar-refractivity contribution in [2.75, 3.05) is 39.4 Å². The molecule has 0 aromatic carbocycles. The summed E-state index contributed by atoms with van der Waals surface area (Å²) in [5.41, 5.74) is 1.10. The molecule has 0 spiro atoms. The Bertz CT molecular complexity index is 549.